The van der Waals surface area contributed by atoms with E-state index in [0.29, 0.717) is 6.54 Å². The van der Waals surface area contributed by atoms with Gasteiger partial charge in [-0.05, 0) is 61.4 Å². The Morgan fingerprint density at radius 2 is 1.96 bits per heavy atom. The van der Waals surface area contributed by atoms with Crippen molar-refractivity contribution in [2.24, 2.45) is 0 Å². The first kappa shape index (κ1) is 16.9. The molecule has 0 spiro atoms. The molecule has 2 amide bonds. The Kier molecular flexibility index (Phi) is 4.32. The summed E-state index contributed by atoms with van der Waals surface area (Å²) >= 11 is 3.50. The number of carbonyl (C=O) groups excluding carboxylic acids is 1. The molecule has 0 saturated carbocycles. The molecule has 0 bridgehead atoms. The highest BCUT2D eigenvalue weighted by Gasteiger charge is 2.28. The number of hydrogen-bond donors (Lipinski definition) is 1. The molecule has 1 N–H and O–H groups in total. The Morgan fingerprint density at radius 1 is 1.15 bits per heavy atom. The van der Waals surface area contributed by atoms with Crippen molar-refractivity contribution in [1.82, 2.24) is 9.47 Å². The normalized spacial score (nSPS) is 15.8. The van der Waals surface area contributed by atoms with Crippen molar-refractivity contribution in [3.05, 3.63) is 82.1 Å². The van der Waals surface area contributed by atoms with Gasteiger partial charge in [-0.2, -0.15) is 0 Å². The van der Waals surface area contributed by atoms with E-state index in [-0.39, 0.29) is 12.1 Å². The van der Waals surface area contributed by atoms with Crippen LogP contribution in [0.3, 0.4) is 0 Å². The second kappa shape index (κ2) is 6.65. The molecule has 4 nitrogen and oxygen atoms in total. The van der Waals surface area contributed by atoms with Gasteiger partial charge in [0.05, 0.1) is 18.3 Å². The van der Waals surface area contributed by atoms with Gasteiger partial charge in [0.2, 0.25) is 0 Å². The molecule has 4 rings (SSSR count). The van der Waals surface area contributed by atoms with E-state index < -0.39 is 0 Å². The molecule has 26 heavy (non-hydrogen) atoms. The van der Waals surface area contributed by atoms with Crippen molar-refractivity contribution < 1.29 is 4.79 Å². The lowest BCUT2D eigenvalue weighted by Crippen LogP contribution is -2.36. The van der Waals surface area contributed by atoms with Crippen molar-refractivity contribution in [3.8, 4) is 5.69 Å². The lowest BCUT2D eigenvalue weighted by atomic mass is 10.1. The highest BCUT2D eigenvalue weighted by atomic mass is 79.9. The standard InChI is InChI=1S/C21H20BrN3O/c1-14-12-17(9-10-18(14)22)23-21(26)25-13-16-6-3-4-7-20(16)24-11-5-8-19(24)15(25)2/h3-12,15H,13H2,1-2H3,(H,23,26). The van der Waals surface area contributed by atoms with Gasteiger partial charge in [-0.25, -0.2) is 4.79 Å². The number of carbonyl (C=O) groups is 1. The van der Waals surface area contributed by atoms with Crippen molar-refractivity contribution in [2.75, 3.05) is 5.32 Å². The number of nitrogens with zero attached hydrogens (tertiary/aromatic N) is 2. The quantitative estimate of drug-likeness (QED) is 0.553. The molecule has 1 atom stereocenters. The molecule has 1 aliphatic rings. The monoisotopic (exact) mass is 409 g/mol. The van der Waals surface area contributed by atoms with Gasteiger partial charge in [-0.1, -0.05) is 34.1 Å². The maximum atomic E-state index is 13.1. The molecule has 0 saturated heterocycles. The first-order valence-electron chi connectivity index (χ1n) is 8.64. The van der Waals surface area contributed by atoms with E-state index in [1.165, 1.54) is 0 Å². The molecule has 132 valence electrons. The van der Waals surface area contributed by atoms with E-state index in [1.807, 2.05) is 48.2 Å². The van der Waals surface area contributed by atoms with E-state index in [0.717, 1.165) is 32.7 Å². The number of aryl methyl sites for hydroxylation is 1. The Morgan fingerprint density at radius 3 is 2.77 bits per heavy atom. The number of benzene rings is 2. The van der Waals surface area contributed by atoms with Crippen LogP contribution >= 0.6 is 15.9 Å². The smallest absolute Gasteiger partial charge is 0.318 e. The fourth-order valence-corrected chi connectivity index (χ4v) is 3.73. The zero-order chi connectivity index (χ0) is 18.3. The molecule has 1 aromatic heterocycles. The number of halogens is 1. The second-order valence-electron chi connectivity index (χ2n) is 6.63. The third-order valence-electron chi connectivity index (χ3n) is 4.94. The van der Waals surface area contributed by atoms with Crippen LogP contribution in [0.25, 0.3) is 5.69 Å². The molecule has 0 aliphatic carbocycles. The summed E-state index contributed by atoms with van der Waals surface area (Å²) in [6.07, 6.45) is 2.06. The topological polar surface area (TPSA) is 37.3 Å². The molecular formula is C21H20BrN3O. The molecule has 2 heterocycles. The zero-order valence-corrected chi connectivity index (χ0v) is 16.3. The van der Waals surface area contributed by atoms with Gasteiger partial charge in [0, 0.05) is 22.1 Å². The Hall–Kier alpha value is -2.53. The minimum absolute atomic E-state index is 0.0334. The van der Waals surface area contributed by atoms with Crippen LogP contribution in [0, 0.1) is 6.92 Å². The molecular weight excluding hydrogens is 390 g/mol. The van der Waals surface area contributed by atoms with Crippen molar-refractivity contribution in [2.45, 2.75) is 26.4 Å². The summed E-state index contributed by atoms with van der Waals surface area (Å²) in [6.45, 7) is 4.65. The maximum absolute atomic E-state index is 13.1. The molecule has 2 aromatic carbocycles. The summed E-state index contributed by atoms with van der Waals surface area (Å²) in [4.78, 5) is 14.9. The van der Waals surface area contributed by atoms with Crippen LogP contribution < -0.4 is 5.32 Å². The number of nitrogens with one attached hydrogen (secondary N) is 1. The van der Waals surface area contributed by atoms with Crippen LogP contribution in [0.15, 0.2) is 65.3 Å². The first-order valence-corrected chi connectivity index (χ1v) is 9.43. The largest absolute Gasteiger partial charge is 0.322 e. The number of hydrogen-bond acceptors (Lipinski definition) is 1. The van der Waals surface area contributed by atoms with E-state index in [9.17, 15) is 4.79 Å². The van der Waals surface area contributed by atoms with Gasteiger partial charge in [0.15, 0.2) is 0 Å². The van der Waals surface area contributed by atoms with E-state index >= 15 is 0 Å². The Bertz CT molecular complexity index is 979. The fourth-order valence-electron chi connectivity index (χ4n) is 3.48. The molecule has 0 radical (unpaired) electrons. The average Bonchev–Trinajstić information content (AvgIpc) is 3.08. The fraction of sp³-hybridized carbons (Fsp3) is 0.190. The molecule has 5 heteroatoms. The number of rotatable bonds is 1. The third-order valence-corrected chi connectivity index (χ3v) is 5.83. The van der Waals surface area contributed by atoms with Gasteiger partial charge < -0.3 is 14.8 Å². The second-order valence-corrected chi connectivity index (χ2v) is 7.48. The maximum Gasteiger partial charge on any atom is 0.322 e. The van der Waals surface area contributed by atoms with Crippen molar-refractivity contribution in [3.63, 3.8) is 0 Å². The lowest BCUT2D eigenvalue weighted by molar-refractivity contribution is 0.189. The van der Waals surface area contributed by atoms with E-state index in [1.54, 1.807) is 0 Å². The summed E-state index contributed by atoms with van der Waals surface area (Å²) in [5.74, 6) is 0. The zero-order valence-electron chi connectivity index (χ0n) is 14.7. The number of anilines is 1. The molecule has 3 aromatic rings. The van der Waals surface area contributed by atoms with Crippen molar-refractivity contribution in [1.29, 1.82) is 0 Å². The van der Waals surface area contributed by atoms with Gasteiger partial charge in [-0.15, -0.1) is 0 Å². The summed E-state index contributed by atoms with van der Waals surface area (Å²) in [6, 6.07) is 18.1. The highest BCUT2D eigenvalue weighted by molar-refractivity contribution is 9.10. The summed E-state index contributed by atoms with van der Waals surface area (Å²) < 4.78 is 3.21. The lowest BCUT2D eigenvalue weighted by Gasteiger charge is -2.27. The summed E-state index contributed by atoms with van der Waals surface area (Å²) in [5.41, 5.74) is 5.27. The van der Waals surface area contributed by atoms with Gasteiger partial charge in [-0.3, -0.25) is 0 Å². The van der Waals surface area contributed by atoms with Crippen LogP contribution in [0.5, 0.6) is 0 Å². The Balaban J connectivity index is 1.68. The molecule has 1 aliphatic heterocycles. The van der Waals surface area contributed by atoms with Crippen LogP contribution in [0.1, 0.15) is 29.8 Å². The number of amides is 2. The number of aromatic nitrogens is 1. The molecule has 1 unspecified atom stereocenters. The summed E-state index contributed by atoms with van der Waals surface area (Å²) in [5, 5.41) is 3.05. The van der Waals surface area contributed by atoms with Crippen molar-refractivity contribution >= 4 is 27.6 Å². The van der Waals surface area contributed by atoms with E-state index in [2.05, 4.69) is 57.1 Å². The van der Waals surface area contributed by atoms with Crippen LogP contribution in [0.2, 0.25) is 0 Å². The van der Waals surface area contributed by atoms with Gasteiger partial charge in [0.1, 0.15) is 0 Å². The van der Waals surface area contributed by atoms with Crippen LogP contribution in [-0.4, -0.2) is 15.5 Å². The minimum Gasteiger partial charge on any atom is -0.318 e. The van der Waals surface area contributed by atoms with Gasteiger partial charge in [0.25, 0.3) is 0 Å². The Labute approximate surface area is 161 Å². The minimum atomic E-state index is -0.0938. The van der Waals surface area contributed by atoms with Crippen LogP contribution in [-0.2, 0) is 6.54 Å². The predicted molar refractivity (Wildman–Crippen MR) is 108 cm³/mol. The van der Waals surface area contributed by atoms with E-state index in [4.69, 9.17) is 0 Å². The predicted octanol–water partition coefficient (Wildman–Crippen LogP) is 5.66. The van der Waals surface area contributed by atoms with Gasteiger partial charge >= 0.3 is 6.03 Å². The third kappa shape index (κ3) is 2.92. The highest BCUT2D eigenvalue weighted by Crippen LogP contribution is 2.32. The first-order chi connectivity index (χ1) is 12.5. The summed E-state index contributed by atoms with van der Waals surface area (Å²) in [7, 11) is 0. The molecule has 0 fully saturated rings. The average molecular weight is 410 g/mol. The van der Waals surface area contributed by atoms with Crippen LogP contribution in [0.4, 0.5) is 10.5 Å². The number of para-hydroxylation sites is 1. The number of fused-ring (bicyclic) bond motifs is 3. The number of urea groups is 1. The SMILES string of the molecule is Cc1cc(NC(=O)N2Cc3ccccc3-n3cccc3C2C)ccc1Br.